The fourth-order valence-electron chi connectivity index (χ4n) is 3.41. The lowest BCUT2D eigenvalue weighted by molar-refractivity contribution is -0.133. The predicted octanol–water partition coefficient (Wildman–Crippen LogP) is 3.79. The van der Waals surface area contributed by atoms with Gasteiger partial charge >= 0.3 is 0 Å². The highest BCUT2D eigenvalue weighted by molar-refractivity contribution is 5.78. The van der Waals surface area contributed by atoms with Gasteiger partial charge in [-0.15, -0.1) is 0 Å². The Labute approximate surface area is 140 Å². The number of carbonyl (C=O) groups excluding carboxylic acids is 1. The molecule has 0 atom stereocenters. The normalized spacial score (nSPS) is 18.7. The SMILES string of the molecule is CC(C)c1ccc(CN(CC(=O)N2CCCCC2)C2CC2)cc1. The highest BCUT2D eigenvalue weighted by atomic mass is 16.2. The molecule has 0 radical (unpaired) electrons. The molecule has 0 unspecified atom stereocenters. The van der Waals surface area contributed by atoms with E-state index in [0.29, 0.717) is 24.4 Å². The molecule has 126 valence electrons. The lowest BCUT2D eigenvalue weighted by Crippen LogP contribution is -2.43. The van der Waals surface area contributed by atoms with Gasteiger partial charge in [-0.25, -0.2) is 0 Å². The maximum Gasteiger partial charge on any atom is 0.236 e. The van der Waals surface area contributed by atoms with Crippen LogP contribution in [-0.2, 0) is 11.3 Å². The number of likely N-dealkylation sites (tertiary alicyclic amines) is 1. The third-order valence-corrected chi connectivity index (χ3v) is 5.14. The first-order chi connectivity index (χ1) is 11.1. The second-order valence-corrected chi connectivity index (χ2v) is 7.47. The average molecular weight is 314 g/mol. The Morgan fingerprint density at radius 1 is 1.13 bits per heavy atom. The van der Waals surface area contributed by atoms with Crippen molar-refractivity contribution in [2.75, 3.05) is 19.6 Å². The zero-order chi connectivity index (χ0) is 16.2. The molecular weight excluding hydrogens is 284 g/mol. The van der Waals surface area contributed by atoms with Crippen molar-refractivity contribution in [1.29, 1.82) is 0 Å². The van der Waals surface area contributed by atoms with Crippen molar-refractivity contribution in [3.8, 4) is 0 Å². The van der Waals surface area contributed by atoms with Gasteiger partial charge in [-0.2, -0.15) is 0 Å². The molecule has 1 saturated heterocycles. The third kappa shape index (κ3) is 4.57. The number of piperidine rings is 1. The largest absolute Gasteiger partial charge is 0.342 e. The monoisotopic (exact) mass is 314 g/mol. The van der Waals surface area contributed by atoms with E-state index in [9.17, 15) is 4.79 Å². The van der Waals surface area contributed by atoms with Gasteiger partial charge in [-0.05, 0) is 49.1 Å². The minimum atomic E-state index is 0.329. The number of hydrogen-bond acceptors (Lipinski definition) is 2. The van der Waals surface area contributed by atoms with Crippen LogP contribution in [0.5, 0.6) is 0 Å². The summed E-state index contributed by atoms with van der Waals surface area (Å²) in [6.45, 7) is 7.87. The van der Waals surface area contributed by atoms with Gasteiger partial charge in [0.2, 0.25) is 5.91 Å². The van der Waals surface area contributed by atoms with Gasteiger partial charge in [0.1, 0.15) is 0 Å². The number of hydrogen-bond donors (Lipinski definition) is 0. The number of nitrogens with zero attached hydrogens (tertiary/aromatic N) is 2. The number of benzene rings is 1. The van der Waals surface area contributed by atoms with Crippen molar-refractivity contribution in [3.05, 3.63) is 35.4 Å². The van der Waals surface area contributed by atoms with Crippen LogP contribution in [0.2, 0.25) is 0 Å². The van der Waals surface area contributed by atoms with E-state index in [-0.39, 0.29) is 0 Å². The fourth-order valence-corrected chi connectivity index (χ4v) is 3.41. The summed E-state index contributed by atoms with van der Waals surface area (Å²) < 4.78 is 0. The summed E-state index contributed by atoms with van der Waals surface area (Å²) in [6, 6.07) is 9.55. The summed E-state index contributed by atoms with van der Waals surface area (Å²) in [5.41, 5.74) is 2.71. The van der Waals surface area contributed by atoms with Crippen LogP contribution in [0.25, 0.3) is 0 Å². The average Bonchev–Trinajstić information content (AvgIpc) is 3.40. The highest BCUT2D eigenvalue weighted by Gasteiger charge is 2.31. The summed E-state index contributed by atoms with van der Waals surface area (Å²) >= 11 is 0. The van der Waals surface area contributed by atoms with E-state index in [4.69, 9.17) is 0 Å². The molecule has 1 heterocycles. The van der Waals surface area contributed by atoms with Crippen LogP contribution in [0, 0.1) is 0 Å². The number of rotatable bonds is 6. The summed E-state index contributed by atoms with van der Waals surface area (Å²) in [5, 5.41) is 0. The second kappa shape index (κ2) is 7.48. The molecule has 0 aromatic heterocycles. The maximum atomic E-state index is 12.6. The molecule has 1 saturated carbocycles. The van der Waals surface area contributed by atoms with E-state index in [1.807, 2.05) is 0 Å². The van der Waals surface area contributed by atoms with Crippen LogP contribution < -0.4 is 0 Å². The smallest absolute Gasteiger partial charge is 0.236 e. The van der Waals surface area contributed by atoms with Gasteiger partial charge in [0.15, 0.2) is 0 Å². The Hall–Kier alpha value is -1.35. The first-order valence-corrected chi connectivity index (χ1v) is 9.24. The molecular formula is C20H30N2O. The van der Waals surface area contributed by atoms with Crippen molar-refractivity contribution in [2.45, 2.75) is 64.5 Å². The molecule has 3 heteroatoms. The molecule has 23 heavy (non-hydrogen) atoms. The van der Waals surface area contributed by atoms with Gasteiger partial charge in [0, 0.05) is 25.7 Å². The Morgan fingerprint density at radius 2 is 1.78 bits per heavy atom. The van der Waals surface area contributed by atoms with Crippen LogP contribution >= 0.6 is 0 Å². The van der Waals surface area contributed by atoms with Gasteiger partial charge in [-0.3, -0.25) is 9.69 Å². The molecule has 1 aliphatic carbocycles. The zero-order valence-electron chi connectivity index (χ0n) is 14.6. The molecule has 1 amide bonds. The van der Waals surface area contributed by atoms with Crippen LogP contribution in [-0.4, -0.2) is 41.4 Å². The van der Waals surface area contributed by atoms with Crippen molar-refractivity contribution >= 4 is 5.91 Å². The molecule has 1 aromatic carbocycles. The topological polar surface area (TPSA) is 23.6 Å². The Bertz CT molecular complexity index is 513. The Morgan fingerprint density at radius 3 is 2.35 bits per heavy atom. The maximum absolute atomic E-state index is 12.6. The molecule has 3 nitrogen and oxygen atoms in total. The van der Waals surface area contributed by atoms with Crippen molar-refractivity contribution in [1.82, 2.24) is 9.80 Å². The molecule has 1 aliphatic heterocycles. The molecule has 3 rings (SSSR count). The quantitative estimate of drug-likeness (QED) is 0.797. The van der Waals surface area contributed by atoms with Crippen molar-refractivity contribution in [3.63, 3.8) is 0 Å². The fraction of sp³-hybridized carbons (Fsp3) is 0.650. The zero-order valence-corrected chi connectivity index (χ0v) is 14.6. The van der Waals surface area contributed by atoms with Crippen LogP contribution in [0.1, 0.15) is 63.0 Å². The lowest BCUT2D eigenvalue weighted by atomic mass is 10.0. The van der Waals surface area contributed by atoms with Crippen LogP contribution in [0.3, 0.4) is 0 Å². The standard InChI is InChI=1S/C20H30N2O/c1-16(2)18-8-6-17(7-9-18)14-22(19-10-11-19)15-20(23)21-12-4-3-5-13-21/h6-9,16,19H,3-5,10-15H2,1-2H3. The molecule has 2 fully saturated rings. The summed E-state index contributed by atoms with van der Waals surface area (Å²) in [5.74, 6) is 0.902. The second-order valence-electron chi connectivity index (χ2n) is 7.47. The minimum Gasteiger partial charge on any atom is -0.342 e. The first-order valence-electron chi connectivity index (χ1n) is 9.24. The van der Waals surface area contributed by atoms with Crippen molar-refractivity contribution in [2.24, 2.45) is 0 Å². The van der Waals surface area contributed by atoms with E-state index >= 15 is 0 Å². The minimum absolute atomic E-state index is 0.329. The first kappa shape index (κ1) is 16.5. The molecule has 2 aliphatic rings. The van der Waals surface area contributed by atoms with E-state index in [2.05, 4.69) is 47.9 Å². The third-order valence-electron chi connectivity index (χ3n) is 5.14. The summed E-state index contributed by atoms with van der Waals surface area (Å²) in [6.07, 6.45) is 6.12. The van der Waals surface area contributed by atoms with Gasteiger partial charge in [0.25, 0.3) is 0 Å². The van der Waals surface area contributed by atoms with E-state index in [1.165, 1.54) is 43.2 Å². The number of amides is 1. The van der Waals surface area contributed by atoms with Crippen molar-refractivity contribution < 1.29 is 4.79 Å². The highest BCUT2D eigenvalue weighted by Crippen LogP contribution is 2.28. The van der Waals surface area contributed by atoms with Gasteiger partial charge in [-0.1, -0.05) is 38.1 Å². The van der Waals surface area contributed by atoms with Crippen LogP contribution in [0.15, 0.2) is 24.3 Å². The Kier molecular flexibility index (Phi) is 5.37. The molecule has 0 N–H and O–H groups in total. The summed E-state index contributed by atoms with van der Waals surface area (Å²) in [7, 11) is 0. The van der Waals surface area contributed by atoms with Gasteiger partial charge in [0.05, 0.1) is 6.54 Å². The van der Waals surface area contributed by atoms with E-state index < -0.39 is 0 Å². The Balaban J connectivity index is 1.59. The summed E-state index contributed by atoms with van der Waals surface area (Å²) in [4.78, 5) is 17.0. The van der Waals surface area contributed by atoms with Crippen LogP contribution in [0.4, 0.5) is 0 Å². The molecule has 1 aromatic rings. The molecule has 0 spiro atoms. The lowest BCUT2D eigenvalue weighted by Gasteiger charge is -2.30. The van der Waals surface area contributed by atoms with Gasteiger partial charge < -0.3 is 4.90 Å². The molecule has 0 bridgehead atoms. The number of carbonyl (C=O) groups is 1. The van der Waals surface area contributed by atoms with E-state index in [0.717, 1.165) is 19.6 Å². The predicted molar refractivity (Wildman–Crippen MR) is 94.4 cm³/mol. The van der Waals surface area contributed by atoms with E-state index in [1.54, 1.807) is 0 Å².